The molecule has 1 aromatic rings. The summed E-state index contributed by atoms with van der Waals surface area (Å²) < 4.78 is 41.9. The van der Waals surface area contributed by atoms with Gasteiger partial charge >= 0.3 is 6.18 Å². The molecule has 1 N–H and O–H groups in total. The monoisotopic (exact) mass is 267 g/mol. The van der Waals surface area contributed by atoms with Crippen molar-refractivity contribution in [2.24, 2.45) is 5.92 Å². The van der Waals surface area contributed by atoms with Gasteiger partial charge in [0.15, 0.2) is 0 Å². The Balaban J connectivity index is 1.84. The number of hydrogen-bond acceptors (Lipinski definition) is 5. The van der Waals surface area contributed by atoms with Gasteiger partial charge in [-0.15, -0.1) is 5.10 Å². The van der Waals surface area contributed by atoms with Crippen LogP contribution in [0.2, 0.25) is 0 Å². The van der Waals surface area contributed by atoms with Gasteiger partial charge in [-0.2, -0.15) is 13.2 Å². The average Bonchev–Trinajstić information content (AvgIpc) is 2.76. The molecule has 0 aromatic carbocycles. The second-order valence-corrected chi connectivity index (χ2v) is 4.83. The van der Waals surface area contributed by atoms with E-state index < -0.39 is 11.2 Å². The summed E-state index contributed by atoms with van der Waals surface area (Å²) in [6, 6.07) is 0. The molecule has 1 atom stereocenters. The Morgan fingerprint density at radius 3 is 2.82 bits per heavy atom. The number of nitrogens with zero attached hydrogens (tertiary/aromatic N) is 2. The van der Waals surface area contributed by atoms with E-state index in [1.165, 1.54) is 0 Å². The molecule has 2 heterocycles. The van der Waals surface area contributed by atoms with Crippen molar-refractivity contribution in [3.8, 4) is 5.19 Å². The van der Waals surface area contributed by atoms with Crippen LogP contribution in [-0.2, 0) is 6.18 Å². The van der Waals surface area contributed by atoms with E-state index in [4.69, 9.17) is 4.74 Å². The third-order valence-corrected chi connectivity index (χ3v) is 3.37. The SMILES string of the molecule is FC(F)(F)c1nnc(OCC2CCCNC2)s1. The van der Waals surface area contributed by atoms with Gasteiger partial charge in [-0.25, -0.2) is 0 Å². The molecule has 1 aliphatic heterocycles. The molecule has 17 heavy (non-hydrogen) atoms. The molecule has 1 fully saturated rings. The average molecular weight is 267 g/mol. The Morgan fingerprint density at radius 1 is 1.41 bits per heavy atom. The first-order chi connectivity index (χ1) is 8.05. The summed E-state index contributed by atoms with van der Waals surface area (Å²) in [5, 5.41) is 8.66. The molecule has 1 saturated heterocycles. The number of piperidine rings is 1. The lowest BCUT2D eigenvalue weighted by Crippen LogP contribution is -2.33. The second kappa shape index (κ2) is 5.18. The van der Waals surface area contributed by atoms with E-state index in [1.807, 2.05) is 0 Å². The molecule has 0 aliphatic carbocycles. The van der Waals surface area contributed by atoms with Gasteiger partial charge in [-0.3, -0.25) is 0 Å². The predicted octanol–water partition coefficient (Wildman–Crippen LogP) is 1.94. The van der Waals surface area contributed by atoms with Gasteiger partial charge < -0.3 is 10.1 Å². The fraction of sp³-hybridized carbons (Fsp3) is 0.778. The van der Waals surface area contributed by atoms with Crippen molar-refractivity contribution in [1.29, 1.82) is 0 Å². The van der Waals surface area contributed by atoms with Crippen LogP contribution < -0.4 is 10.1 Å². The van der Waals surface area contributed by atoms with Crippen LogP contribution in [0.5, 0.6) is 5.19 Å². The summed E-state index contributed by atoms with van der Waals surface area (Å²) in [6.07, 6.45) is -2.35. The van der Waals surface area contributed by atoms with Crippen molar-refractivity contribution in [3.63, 3.8) is 0 Å². The molecule has 1 unspecified atom stereocenters. The quantitative estimate of drug-likeness (QED) is 0.909. The Kier molecular flexibility index (Phi) is 3.82. The van der Waals surface area contributed by atoms with Gasteiger partial charge in [-0.1, -0.05) is 16.4 Å². The molecule has 4 nitrogen and oxygen atoms in total. The number of alkyl halides is 3. The number of halogens is 3. The Hall–Kier alpha value is -0.890. The standard InChI is InChI=1S/C9H12F3N3OS/c10-9(11,12)7-14-15-8(17-7)16-5-6-2-1-3-13-4-6/h6,13H,1-5H2. The minimum Gasteiger partial charge on any atom is -0.469 e. The third-order valence-electron chi connectivity index (χ3n) is 2.49. The zero-order chi connectivity index (χ0) is 12.3. The minimum absolute atomic E-state index is 0.0112. The number of rotatable bonds is 3. The van der Waals surface area contributed by atoms with Crippen molar-refractivity contribution < 1.29 is 17.9 Å². The van der Waals surface area contributed by atoms with Crippen molar-refractivity contribution in [2.75, 3.05) is 19.7 Å². The van der Waals surface area contributed by atoms with Crippen LogP contribution in [0.25, 0.3) is 0 Å². The van der Waals surface area contributed by atoms with E-state index in [9.17, 15) is 13.2 Å². The van der Waals surface area contributed by atoms with Gasteiger partial charge in [0.25, 0.3) is 5.19 Å². The molecule has 1 aliphatic rings. The number of aromatic nitrogens is 2. The fourth-order valence-electron chi connectivity index (χ4n) is 1.64. The maximum Gasteiger partial charge on any atom is 0.445 e. The third kappa shape index (κ3) is 3.53. The molecule has 0 bridgehead atoms. The maximum absolute atomic E-state index is 12.2. The first-order valence-corrected chi connectivity index (χ1v) is 6.11. The Bertz CT molecular complexity index is 363. The zero-order valence-corrected chi connectivity index (χ0v) is 9.77. The molecule has 0 spiro atoms. The minimum atomic E-state index is -4.44. The van der Waals surface area contributed by atoms with Crippen molar-refractivity contribution >= 4 is 11.3 Å². The lowest BCUT2D eigenvalue weighted by atomic mass is 10.0. The first-order valence-electron chi connectivity index (χ1n) is 5.30. The fourth-order valence-corrected chi connectivity index (χ4v) is 2.21. The number of nitrogens with one attached hydrogen (secondary N) is 1. The van der Waals surface area contributed by atoms with Gasteiger partial charge in [0, 0.05) is 12.5 Å². The van der Waals surface area contributed by atoms with Crippen molar-refractivity contribution in [2.45, 2.75) is 19.0 Å². The summed E-state index contributed by atoms with van der Waals surface area (Å²) >= 11 is 0.439. The molecular weight excluding hydrogens is 255 g/mol. The lowest BCUT2D eigenvalue weighted by molar-refractivity contribution is -0.138. The molecule has 0 radical (unpaired) electrons. The lowest BCUT2D eigenvalue weighted by Gasteiger charge is -2.21. The summed E-state index contributed by atoms with van der Waals surface area (Å²) in [4.78, 5) is 0. The normalized spacial score (nSPS) is 21.5. The zero-order valence-electron chi connectivity index (χ0n) is 8.96. The number of ether oxygens (including phenoxy) is 1. The smallest absolute Gasteiger partial charge is 0.445 e. The van der Waals surface area contributed by atoms with E-state index in [0.29, 0.717) is 23.9 Å². The highest BCUT2D eigenvalue weighted by atomic mass is 32.1. The van der Waals surface area contributed by atoms with Crippen LogP contribution in [0.3, 0.4) is 0 Å². The van der Waals surface area contributed by atoms with E-state index in [0.717, 1.165) is 25.9 Å². The summed E-state index contributed by atoms with van der Waals surface area (Å²) in [5.74, 6) is 0.335. The van der Waals surface area contributed by atoms with Gasteiger partial charge in [-0.05, 0) is 19.4 Å². The second-order valence-electron chi connectivity index (χ2n) is 3.89. The van der Waals surface area contributed by atoms with Crippen molar-refractivity contribution in [1.82, 2.24) is 15.5 Å². The topological polar surface area (TPSA) is 47.0 Å². The highest BCUT2D eigenvalue weighted by molar-refractivity contribution is 7.13. The summed E-state index contributed by atoms with van der Waals surface area (Å²) in [6.45, 7) is 2.22. The van der Waals surface area contributed by atoms with E-state index >= 15 is 0 Å². The predicted molar refractivity (Wildman–Crippen MR) is 56.0 cm³/mol. The molecular formula is C9H12F3N3OS. The van der Waals surface area contributed by atoms with E-state index in [1.54, 1.807) is 0 Å². The molecule has 1 aromatic heterocycles. The number of hydrogen-bond donors (Lipinski definition) is 1. The Labute approximate surface area is 100 Å². The van der Waals surface area contributed by atoms with Crippen LogP contribution in [0.15, 0.2) is 0 Å². The van der Waals surface area contributed by atoms with Crippen LogP contribution in [0.1, 0.15) is 17.8 Å². The van der Waals surface area contributed by atoms with Crippen LogP contribution in [0.4, 0.5) is 13.2 Å². The van der Waals surface area contributed by atoms with Crippen molar-refractivity contribution in [3.05, 3.63) is 5.01 Å². The summed E-state index contributed by atoms with van der Waals surface area (Å²) in [5.41, 5.74) is 0. The van der Waals surface area contributed by atoms with Gasteiger partial charge in [0.1, 0.15) is 0 Å². The first kappa shape index (κ1) is 12.6. The molecule has 8 heteroatoms. The maximum atomic E-state index is 12.2. The molecule has 0 saturated carbocycles. The highest BCUT2D eigenvalue weighted by Crippen LogP contribution is 2.34. The molecule has 0 amide bonds. The Morgan fingerprint density at radius 2 is 2.24 bits per heavy atom. The highest BCUT2D eigenvalue weighted by Gasteiger charge is 2.36. The van der Waals surface area contributed by atoms with E-state index in [2.05, 4.69) is 15.5 Å². The van der Waals surface area contributed by atoms with E-state index in [-0.39, 0.29) is 5.19 Å². The summed E-state index contributed by atoms with van der Waals surface area (Å²) in [7, 11) is 0. The molecule has 96 valence electrons. The van der Waals surface area contributed by atoms with Gasteiger partial charge in [0.2, 0.25) is 5.01 Å². The van der Waals surface area contributed by atoms with Crippen LogP contribution >= 0.6 is 11.3 Å². The van der Waals surface area contributed by atoms with Gasteiger partial charge in [0.05, 0.1) is 6.61 Å². The largest absolute Gasteiger partial charge is 0.469 e. The van der Waals surface area contributed by atoms with Crippen LogP contribution in [-0.4, -0.2) is 29.9 Å². The molecule has 2 rings (SSSR count). The van der Waals surface area contributed by atoms with Crippen LogP contribution in [0, 0.1) is 5.92 Å².